The van der Waals surface area contributed by atoms with E-state index in [1.165, 1.54) is 0 Å². The predicted molar refractivity (Wildman–Crippen MR) is 185 cm³/mol. The molecule has 0 radical (unpaired) electrons. The van der Waals surface area contributed by atoms with Crippen molar-refractivity contribution >= 4 is 35.8 Å². The number of carbonyl (C=O) groups excluding carboxylic acids is 2. The van der Waals surface area contributed by atoms with Crippen LogP contribution in [-0.2, 0) is 23.8 Å². The van der Waals surface area contributed by atoms with Crippen LogP contribution in [0.25, 0.3) is 6.08 Å². The number of nitrogens with zero attached hydrogens (tertiary/aromatic N) is 5. The van der Waals surface area contributed by atoms with Gasteiger partial charge < -0.3 is 35.5 Å². The summed E-state index contributed by atoms with van der Waals surface area (Å²) in [5.41, 5.74) is 5.14. The molecule has 2 saturated carbocycles. The van der Waals surface area contributed by atoms with E-state index in [1.54, 1.807) is 30.8 Å². The van der Waals surface area contributed by atoms with Gasteiger partial charge in [0.15, 0.2) is 5.78 Å². The number of Topliss-reactive ketones (excluding diaryl/α,β-unsaturated/α-hetero) is 1. The largest absolute Gasteiger partial charge is 0.423 e. The van der Waals surface area contributed by atoms with Gasteiger partial charge in [-0.05, 0) is 62.0 Å². The Balaban J connectivity index is 1.27. The molecule has 4 fully saturated rings. The van der Waals surface area contributed by atoms with Crippen LogP contribution in [0.4, 0.5) is 5.95 Å². The fraction of sp³-hybridized carbons (Fsp3) is 0.667. The van der Waals surface area contributed by atoms with Crippen molar-refractivity contribution in [2.24, 2.45) is 32.7 Å². The maximum absolute atomic E-state index is 13.7. The number of carbonyl (C=O) groups is 2. The first-order valence-electron chi connectivity index (χ1n) is 17.8. The van der Waals surface area contributed by atoms with Crippen LogP contribution in [0.3, 0.4) is 0 Å². The van der Waals surface area contributed by atoms with Crippen LogP contribution in [0.5, 0.6) is 0 Å². The van der Waals surface area contributed by atoms with Crippen LogP contribution >= 0.6 is 0 Å². The van der Waals surface area contributed by atoms with Crippen molar-refractivity contribution in [1.29, 1.82) is 0 Å². The fourth-order valence-corrected chi connectivity index (χ4v) is 9.58. The number of aliphatic hydroxyl groups excluding tert-OH is 2. The summed E-state index contributed by atoms with van der Waals surface area (Å²) >= 11 is 0. The van der Waals surface area contributed by atoms with E-state index in [1.807, 2.05) is 13.8 Å². The van der Waals surface area contributed by atoms with Gasteiger partial charge in [0.1, 0.15) is 17.2 Å². The Morgan fingerprint density at radius 3 is 2.64 bits per heavy atom. The number of ether oxygens (including phenoxy) is 3. The lowest BCUT2D eigenvalue weighted by Crippen LogP contribution is -2.68. The number of morpholine rings is 1. The number of nitrogens with one attached hydrogen (secondary N) is 1. The zero-order valence-corrected chi connectivity index (χ0v) is 29.1. The summed E-state index contributed by atoms with van der Waals surface area (Å²) in [6.07, 6.45) is 10.2. The second kappa shape index (κ2) is 13.6. The number of rotatable bonds is 11. The van der Waals surface area contributed by atoms with Crippen molar-refractivity contribution in [2.45, 2.75) is 82.7 Å². The Hall–Kier alpha value is -3.40. The topological polar surface area (TPSA) is 197 Å². The SMILES string of the molecule is CC(NC(CC1C2(CO2)C(N2CCOCC2)CC2[C@]1(C)CC[C@@H](O)[C@@]2(C)CO)C1=C/C(=C\c2cnc(N)nc2)OC1=O)C(=O)CC1=NCC=N1. The number of fused-ring (bicyclic) bond motifs is 1. The van der Waals surface area contributed by atoms with Crippen molar-refractivity contribution in [2.75, 3.05) is 51.8 Å². The molecule has 50 heavy (non-hydrogen) atoms. The van der Waals surface area contributed by atoms with E-state index in [2.05, 4.69) is 37.1 Å². The second-order valence-corrected chi connectivity index (χ2v) is 15.3. The summed E-state index contributed by atoms with van der Waals surface area (Å²) < 4.78 is 18.1. The smallest absolute Gasteiger partial charge is 0.341 e. The molecule has 1 spiro atoms. The van der Waals surface area contributed by atoms with Gasteiger partial charge in [0, 0.05) is 54.8 Å². The second-order valence-electron chi connectivity index (χ2n) is 15.3. The Morgan fingerprint density at radius 1 is 1.24 bits per heavy atom. The van der Waals surface area contributed by atoms with Crippen LogP contribution in [0.2, 0.25) is 0 Å². The molecule has 7 rings (SSSR count). The zero-order chi connectivity index (χ0) is 35.3. The van der Waals surface area contributed by atoms with Gasteiger partial charge in [0.05, 0.1) is 57.1 Å². The molecule has 5 N–H and O–H groups in total. The summed E-state index contributed by atoms with van der Waals surface area (Å²) in [6, 6.07) is -1.17. The molecule has 6 aliphatic rings. The highest BCUT2D eigenvalue weighted by molar-refractivity contribution is 6.07. The van der Waals surface area contributed by atoms with E-state index >= 15 is 0 Å². The molecular formula is C36H49N7O7. The van der Waals surface area contributed by atoms with E-state index in [-0.39, 0.29) is 48.1 Å². The number of amidine groups is 1. The number of aliphatic hydroxyl groups is 2. The fourth-order valence-electron chi connectivity index (χ4n) is 9.58. The number of hydrogen-bond acceptors (Lipinski definition) is 14. The summed E-state index contributed by atoms with van der Waals surface area (Å²) in [5, 5.41) is 25.8. The molecule has 14 heteroatoms. The predicted octanol–water partition coefficient (Wildman–Crippen LogP) is 1.33. The number of nitrogen functional groups attached to an aromatic ring is 1. The lowest BCUT2D eigenvalue weighted by atomic mass is 9.43. The molecule has 2 aliphatic carbocycles. The Labute approximate surface area is 292 Å². The van der Waals surface area contributed by atoms with Crippen LogP contribution in [0.1, 0.15) is 58.4 Å². The molecule has 5 heterocycles. The normalized spacial score (nSPS) is 37.3. The van der Waals surface area contributed by atoms with Crippen molar-refractivity contribution in [1.82, 2.24) is 20.2 Å². The first-order chi connectivity index (χ1) is 24.0. The highest BCUT2D eigenvalue weighted by Crippen LogP contribution is 2.67. The maximum atomic E-state index is 13.7. The lowest BCUT2D eigenvalue weighted by molar-refractivity contribution is -0.197. The van der Waals surface area contributed by atoms with E-state index in [0.29, 0.717) is 61.9 Å². The minimum Gasteiger partial charge on any atom is -0.423 e. The van der Waals surface area contributed by atoms with E-state index in [4.69, 9.17) is 19.9 Å². The molecule has 0 aromatic carbocycles. The minimum atomic E-state index is -0.719. The van der Waals surface area contributed by atoms with E-state index in [0.717, 1.165) is 25.9 Å². The molecule has 14 nitrogen and oxygen atoms in total. The number of epoxide rings is 1. The van der Waals surface area contributed by atoms with Gasteiger partial charge >= 0.3 is 5.97 Å². The monoisotopic (exact) mass is 691 g/mol. The van der Waals surface area contributed by atoms with Gasteiger partial charge in [0.25, 0.3) is 0 Å². The summed E-state index contributed by atoms with van der Waals surface area (Å²) in [5.74, 6) is 0.282. The summed E-state index contributed by atoms with van der Waals surface area (Å²) in [7, 11) is 0. The molecule has 1 aromatic rings. The number of anilines is 1. The van der Waals surface area contributed by atoms with Crippen molar-refractivity contribution in [3.05, 3.63) is 35.4 Å². The van der Waals surface area contributed by atoms with Gasteiger partial charge in [-0.1, -0.05) is 13.8 Å². The molecule has 4 aliphatic heterocycles. The van der Waals surface area contributed by atoms with Gasteiger partial charge in [-0.15, -0.1) is 0 Å². The molecule has 9 atom stereocenters. The average Bonchev–Trinajstić information content (AvgIpc) is 3.53. The third-order valence-electron chi connectivity index (χ3n) is 12.5. The highest BCUT2D eigenvalue weighted by atomic mass is 16.6. The molecule has 0 bridgehead atoms. The van der Waals surface area contributed by atoms with Crippen LogP contribution < -0.4 is 11.1 Å². The average molecular weight is 692 g/mol. The Kier molecular flexibility index (Phi) is 9.54. The third kappa shape index (κ3) is 6.34. The quantitative estimate of drug-likeness (QED) is 0.192. The van der Waals surface area contributed by atoms with Crippen LogP contribution in [-0.4, -0.2) is 125 Å². The van der Waals surface area contributed by atoms with Gasteiger partial charge in [-0.3, -0.25) is 14.7 Å². The van der Waals surface area contributed by atoms with Gasteiger partial charge in [-0.25, -0.2) is 19.8 Å². The first-order valence-corrected chi connectivity index (χ1v) is 17.8. The maximum Gasteiger partial charge on any atom is 0.341 e. The first kappa shape index (κ1) is 35.0. The highest BCUT2D eigenvalue weighted by Gasteiger charge is 2.71. The number of aromatic nitrogens is 2. The number of allylic oxidation sites excluding steroid dienone is 1. The number of cyclic esters (lactones) is 1. The Bertz CT molecular complexity index is 1600. The molecule has 6 unspecified atom stereocenters. The molecule has 270 valence electrons. The third-order valence-corrected chi connectivity index (χ3v) is 12.5. The van der Waals surface area contributed by atoms with Crippen molar-refractivity contribution in [3.63, 3.8) is 0 Å². The molecule has 0 amide bonds. The standard InChI is InChI=1S/C36H49N7O7/c1-21(26(45)15-31-38-6-7-39-31)42-25(24-13-23(50-32(24)47)12-22-17-40-33(37)41-18-22)14-28-34(2)5-4-30(46)35(3,19-44)27(34)16-29(36(28)20-49-36)43-8-10-48-11-9-43/h6,12-13,17-18,21,25,27-30,42,44,46H,4-5,7-11,14-16,19-20H2,1-3H3,(H2,37,40,41)/b23-12+/t21?,25?,27?,28?,29?,30-,34+,35+,36?/m1/s1. The molecular weight excluding hydrogens is 642 g/mol. The summed E-state index contributed by atoms with van der Waals surface area (Å²) in [6.45, 7) is 9.80. The number of aliphatic imine (C=N–C) groups is 2. The van der Waals surface area contributed by atoms with Gasteiger partial charge in [-0.2, -0.15) is 0 Å². The number of ketones is 1. The van der Waals surface area contributed by atoms with Gasteiger partial charge in [0.2, 0.25) is 5.95 Å². The Morgan fingerprint density at radius 2 is 1.98 bits per heavy atom. The molecule has 1 aromatic heterocycles. The number of hydrogen-bond donors (Lipinski definition) is 4. The van der Waals surface area contributed by atoms with E-state index < -0.39 is 35.2 Å². The summed E-state index contributed by atoms with van der Waals surface area (Å²) in [4.78, 5) is 46.3. The molecule has 2 saturated heterocycles. The van der Waals surface area contributed by atoms with E-state index in [9.17, 15) is 19.8 Å². The van der Waals surface area contributed by atoms with Crippen LogP contribution in [0.15, 0.2) is 39.8 Å². The van der Waals surface area contributed by atoms with Crippen molar-refractivity contribution in [3.8, 4) is 0 Å². The minimum absolute atomic E-state index is 0.0279. The lowest BCUT2D eigenvalue weighted by Gasteiger charge is -2.64. The van der Waals surface area contributed by atoms with Crippen LogP contribution in [0, 0.1) is 22.7 Å². The number of nitrogens with two attached hydrogens (primary N) is 1. The van der Waals surface area contributed by atoms with Crippen molar-refractivity contribution < 1.29 is 34.0 Å². The number of esters is 1. The zero-order valence-electron chi connectivity index (χ0n) is 29.1.